The van der Waals surface area contributed by atoms with E-state index >= 15 is 0 Å². The molecule has 5 heteroatoms. The lowest BCUT2D eigenvalue weighted by Crippen LogP contribution is -2.47. The van der Waals surface area contributed by atoms with Gasteiger partial charge in [0.1, 0.15) is 0 Å². The van der Waals surface area contributed by atoms with Gasteiger partial charge in [-0.1, -0.05) is 26.0 Å². The molecule has 120 valence electrons. The minimum absolute atomic E-state index is 0.0440. The molecule has 0 radical (unpaired) electrons. The molecule has 0 saturated heterocycles. The molecule has 21 heavy (non-hydrogen) atoms. The van der Waals surface area contributed by atoms with E-state index in [0.29, 0.717) is 26.0 Å². The van der Waals surface area contributed by atoms with Gasteiger partial charge < -0.3 is 14.7 Å². The summed E-state index contributed by atoms with van der Waals surface area (Å²) in [5.74, 6) is -1.99. The van der Waals surface area contributed by atoms with Crippen molar-refractivity contribution in [2.24, 2.45) is 11.8 Å². The van der Waals surface area contributed by atoms with E-state index in [9.17, 15) is 14.7 Å². The van der Waals surface area contributed by atoms with Crippen LogP contribution in [0, 0.1) is 11.8 Å². The molecule has 1 N–H and O–H groups in total. The minimum atomic E-state index is -0.881. The third-order valence-corrected chi connectivity index (χ3v) is 4.27. The van der Waals surface area contributed by atoms with E-state index in [1.54, 1.807) is 7.11 Å². The van der Waals surface area contributed by atoms with Gasteiger partial charge in [0.05, 0.1) is 18.4 Å². The molecule has 0 bridgehead atoms. The number of carboxylic acid groups (broad SMARTS) is 1. The number of hydrogen-bond acceptors (Lipinski definition) is 3. The van der Waals surface area contributed by atoms with Gasteiger partial charge in [0.2, 0.25) is 5.91 Å². The number of rotatable bonds is 8. The summed E-state index contributed by atoms with van der Waals surface area (Å²) in [5, 5.41) is 9.34. The van der Waals surface area contributed by atoms with E-state index in [4.69, 9.17) is 4.74 Å². The second-order valence-electron chi connectivity index (χ2n) is 5.49. The van der Waals surface area contributed by atoms with Gasteiger partial charge in [-0.15, -0.1) is 0 Å². The van der Waals surface area contributed by atoms with E-state index in [-0.39, 0.29) is 11.9 Å². The van der Waals surface area contributed by atoms with Gasteiger partial charge in [0, 0.05) is 19.7 Å². The second-order valence-corrected chi connectivity index (χ2v) is 5.49. The first-order valence-corrected chi connectivity index (χ1v) is 7.73. The van der Waals surface area contributed by atoms with Crippen molar-refractivity contribution in [2.45, 2.75) is 45.6 Å². The zero-order valence-electron chi connectivity index (χ0n) is 13.2. The topological polar surface area (TPSA) is 66.8 Å². The second kappa shape index (κ2) is 8.82. The minimum Gasteiger partial charge on any atom is -0.481 e. The fourth-order valence-electron chi connectivity index (χ4n) is 2.96. The molecule has 0 heterocycles. The Labute approximate surface area is 127 Å². The van der Waals surface area contributed by atoms with Crippen molar-refractivity contribution in [2.75, 3.05) is 20.3 Å². The van der Waals surface area contributed by atoms with Crippen LogP contribution in [0.15, 0.2) is 12.2 Å². The molecule has 2 atom stereocenters. The number of methoxy groups -OCH3 is 1. The Balaban J connectivity index is 2.91. The lowest BCUT2D eigenvalue weighted by molar-refractivity contribution is -0.152. The van der Waals surface area contributed by atoms with E-state index < -0.39 is 17.8 Å². The van der Waals surface area contributed by atoms with Gasteiger partial charge in [-0.3, -0.25) is 9.59 Å². The standard InChI is InChI=1S/C16H27NO4/c1-4-12(5-2)17(10-11-21-3)15(18)13-8-6-7-9-14(13)16(19)20/h6-7,12-14H,4-5,8-11H2,1-3H3,(H,19,20)/t13-,14+/m1/s1. The molecule has 0 aliphatic heterocycles. The van der Waals surface area contributed by atoms with Crippen molar-refractivity contribution in [1.82, 2.24) is 4.90 Å². The number of carbonyl (C=O) groups excluding carboxylic acids is 1. The SMILES string of the molecule is CCC(CC)N(CCOC)C(=O)[C@@H]1CC=CC[C@@H]1C(=O)O. The van der Waals surface area contributed by atoms with Crippen LogP contribution in [0.3, 0.4) is 0 Å². The predicted molar refractivity (Wildman–Crippen MR) is 80.9 cm³/mol. The third kappa shape index (κ3) is 4.56. The molecular weight excluding hydrogens is 270 g/mol. The van der Waals surface area contributed by atoms with Gasteiger partial charge >= 0.3 is 5.97 Å². The van der Waals surface area contributed by atoms with E-state index in [1.807, 2.05) is 17.1 Å². The van der Waals surface area contributed by atoms with Crippen LogP contribution in [0.1, 0.15) is 39.5 Å². The van der Waals surface area contributed by atoms with Crippen LogP contribution >= 0.6 is 0 Å². The van der Waals surface area contributed by atoms with Crippen molar-refractivity contribution in [3.05, 3.63) is 12.2 Å². The monoisotopic (exact) mass is 297 g/mol. The Morgan fingerprint density at radius 1 is 1.24 bits per heavy atom. The number of ether oxygens (including phenoxy) is 1. The van der Waals surface area contributed by atoms with Crippen LogP contribution in [-0.4, -0.2) is 48.2 Å². The number of hydrogen-bond donors (Lipinski definition) is 1. The average Bonchev–Trinajstić information content (AvgIpc) is 2.50. The number of nitrogens with zero attached hydrogens (tertiary/aromatic N) is 1. The maximum atomic E-state index is 12.9. The van der Waals surface area contributed by atoms with E-state index in [1.165, 1.54) is 0 Å². The third-order valence-electron chi connectivity index (χ3n) is 4.27. The van der Waals surface area contributed by atoms with Gasteiger partial charge in [0.15, 0.2) is 0 Å². The van der Waals surface area contributed by atoms with Gasteiger partial charge in [-0.25, -0.2) is 0 Å². The average molecular weight is 297 g/mol. The van der Waals surface area contributed by atoms with Gasteiger partial charge in [0.25, 0.3) is 0 Å². The summed E-state index contributed by atoms with van der Waals surface area (Å²) < 4.78 is 5.10. The highest BCUT2D eigenvalue weighted by Gasteiger charge is 2.37. The number of carbonyl (C=O) groups is 2. The van der Waals surface area contributed by atoms with Gasteiger partial charge in [-0.05, 0) is 25.7 Å². The van der Waals surface area contributed by atoms with E-state index in [2.05, 4.69) is 13.8 Å². The zero-order valence-corrected chi connectivity index (χ0v) is 13.2. The number of amides is 1. The quantitative estimate of drug-likeness (QED) is 0.698. The number of carboxylic acids is 1. The largest absolute Gasteiger partial charge is 0.481 e. The summed E-state index contributed by atoms with van der Waals surface area (Å²) in [4.78, 5) is 26.1. The van der Waals surface area contributed by atoms with Crippen molar-refractivity contribution in [1.29, 1.82) is 0 Å². The van der Waals surface area contributed by atoms with Crippen molar-refractivity contribution in [3.63, 3.8) is 0 Å². The summed E-state index contributed by atoms with van der Waals surface area (Å²) in [5.41, 5.74) is 0. The smallest absolute Gasteiger partial charge is 0.307 e. The van der Waals surface area contributed by atoms with Crippen molar-refractivity contribution >= 4 is 11.9 Å². The molecule has 0 aromatic carbocycles. The molecule has 0 fully saturated rings. The van der Waals surface area contributed by atoms with Crippen LogP contribution in [0.25, 0.3) is 0 Å². The van der Waals surface area contributed by atoms with Gasteiger partial charge in [-0.2, -0.15) is 0 Å². The fraction of sp³-hybridized carbons (Fsp3) is 0.750. The highest BCUT2D eigenvalue weighted by molar-refractivity contribution is 5.85. The molecule has 0 aromatic rings. The Morgan fingerprint density at radius 3 is 2.29 bits per heavy atom. The highest BCUT2D eigenvalue weighted by atomic mass is 16.5. The lowest BCUT2D eigenvalue weighted by atomic mass is 9.81. The first-order valence-electron chi connectivity index (χ1n) is 7.73. The summed E-state index contributed by atoms with van der Waals surface area (Å²) in [6, 6.07) is 0.146. The van der Waals surface area contributed by atoms with Crippen molar-refractivity contribution in [3.8, 4) is 0 Å². The van der Waals surface area contributed by atoms with Crippen LogP contribution in [0.2, 0.25) is 0 Å². The first kappa shape index (κ1) is 17.7. The fourth-order valence-corrected chi connectivity index (χ4v) is 2.96. The Bertz CT molecular complexity index is 376. The predicted octanol–water partition coefficient (Wildman–Crippen LogP) is 2.32. The highest BCUT2D eigenvalue weighted by Crippen LogP contribution is 2.29. The van der Waals surface area contributed by atoms with Crippen LogP contribution in [0.5, 0.6) is 0 Å². The lowest BCUT2D eigenvalue weighted by Gasteiger charge is -2.35. The zero-order chi connectivity index (χ0) is 15.8. The van der Waals surface area contributed by atoms with Crippen LogP contribution in [-0.2, 0) is 14.3 Å². The molecule has 5 nitrogen and oxygen atoms in total. The molecule has 0 unspecified atom stereocenters. The summed E-state index contributed by atoms with van der Waals surface area (Å²) in [6.07, 6.45) is 6.47. The molecule has 1 aliphatic rings. The maximum Gasteiger partial charge on any atom is 0.307 e. The van der Waals surface area contributed by atoms with Crippen LogP contribution in [0.4, 0.5) is 0 Å². The Kier molecular flexibility index (Phi) is 7.43. The summed E-state index contributed by atoms with van der Waals surface area (Å²) >= 11 is 0. The molecule has 0 saturated carbocycles. The summed E-state index contributed by atoms with van der Waals surface area (Å²) in [7, 11) is 1.61. The number of aliphatic carboxylic acids is 1. The normalized spacial score (nSPS) is 21.5. The molecule has 0 spiro atoms. The molecule has 1 amide bonds. The molecule has 0 aromatic heterocycles. The first-order chi connectivity index (χ1) is 10.1. The Morgan fingerprint density at radius 2 is 1.81 bits per heavy atom. The number of allylic oxidation sites excluding steroid dienone is 2. The molecule has 1 aliphatic carbocycles. The molecular formula is C16H27NO4. The van der Waals surface area contributed by atoms with E-state index in [0.717, 1.165) is 12.8 Å². The molecule has 1 rings (SSSR count). The summed E-state index contributed by atoms with van der Waals surface area (Å²) in [6.45, 7) is 5.10. The van der Waals surface area contributed by atoms with Crippen LogP contribution < -0.4 is 0 Å². The van der Waals surface area contributed by atoms with Crippen molar-refractivity contribution < 1.29 is 19.4 Å². The Hall–Kier alpha value is -1.36. The maximum absolute atomic E-state index is 12.9.